The largest absolute Gasteiger partial charge is 0.391 e. The molecule has 9 atom stereocenters. The van der Waals surface area contributed by atoms with Crippen molar-refractivity contribution >= 4 is 23.2 Å². The summed E-state index contributed by atoms with van der Waals surface area (Å²) in [6, 6.07) is 0. The number of carbonyl (C=O) groups is 2. The fourth-order valence-electron chi connectivity index (χ4n) is 7.73. The van der Waals surface area contributed by atoms with Gasteiger partial charge in [-0.25, -0.2) is 0 Å². The van der Waals surface area contributed by atoms with Crippen molar-refractivity contribution < 1.29 is 29.3 Å². The van der Waals surface area contributed by atoms with Crippen LogP contribution in [0.5, 0.6) is 0 Å². The Kier molecular flexibility index (Phi) is 6.28. The number of hydrogen-bond acceptors (Lipinski definition) is 6. The minimum atomic E-state index is -1.63. The average molecular weight is 481 g/mol. The van der Waals surface area contributed by atoms with E-state index in [-0.39, 0.29) is 42.3 Å². The Morgan fingerprint density at radius 1 is 1.30 bits per heavy atom. The number of Topliss-reactive ketones (excluding diaryl/α,β-unsaturated/α-hetero) is 1. The van der Waals surface area contributed by atoms with Gasteiger partial charge in [0.15, 0.2) is 17.9 Å². The molecule has 0 heterocycles. The summed E-state index contributed by atoms with van der Waals surface area (Å²) in [5.74, 6) is -0.874. The number of aliphatic hydroxyl groups excluding tert-OH is 1. The zero-order valence-corrected chi connectivity index (χ0v) is 21.0. The van der Waals surface area contributed by atoms with Crippen LogP contribution < -0.4 is 0 Å². The van der Waals surface area contributed by atoms with E-state index in [2.05, 4.69) is 0 Å². The van der Waals surface area contributed by atoms with Gasteiger partial charge in [0.05, 0.1) is 11.0 Å². The lowest BCUT2D eigenvalue weighted by Crippen LogP contribution is -2.69. The second-order valence-electron chi connectivity index (χ2n) is 10.9. The molecule has 4 aliphatic rings. The normalized spacial score (nSPS) is 47.4. The Morgan fingerprint density at radius 3 is 2.67 bits per heavy atom. The molecule has 0 unspecified atom stereocenters. The molecule has 3 saturated carbocycles. The second kappa shape index (κ2) is 8.27. The average Bonchev–Trinajstić information content (AvgIpc) is 2.95. The van der Waals surface area contributed by atoms with Gasteiger partial charge >= 0.3 is 0 Å². The Morgan fingerprint density at radius 2 is 2.00 bits per heavy atom. The van der Waals surface area contributed by atoms with Crippen LogP contribution in [0, 0.1) is 28.6 Å². The van der Waals surface area contributed by atoms with Crippen LogP contribution in [0.15, 0.2) is 23.8 Å². The molecule has 0 aromatic heterocycles. The molecule has 4 rings (SSSR count). The SMILES string of the molecule is CCO[C@H](C)OCC(=O)[C@@]1(O)[C@@H](C)C[C@H]2[C@@H]3CCC4=CC(=O)C=C[C@]4(C)[C@@]3(Cl)[C@@H](O)C[C@@]21C. The molecular formula is C26H37ClO6. The highest BCUT2D eigenvalue weighted by molar-refractivity contribution is 6.26. The van der Waals surface area contributed by atoms with E-state index in [1.54, 1.807) is 19.1 Å². The highest BCUT2D eigenvalue weighted by Gasteiger charge is 2.74. The molecule has 0 bridgehead atoms. The first kappa shape index (κ1) is 25.1. The minimum Gasteiger partial charge on any atom is -0.391 e. The van der Waals surface area contributed by atoms with Crippen molar-refractivity contribution in [2.24, 2.45) is 28.6 Å². The quantitative estimate of drug-likeness (QED) is 0.446. The summed E-state index contributed by atoms with van der Waals surface area (Å²) in [5.41, 5.74) is -2.16. The Balaban J connectivity index is 1.68. The van der Waals surface area contributed by atoms with Crippen LogP contribution in [0.4, 0.5) is 0 Å². The van der Waals surface area contributed by atoms with Crippen LogP contribution in [0.1, 0.15) is 60.3 Å². The lowest BCUT2D eigenvalue weighted by molar-refractivity contribution is -0.189. The molecule has 33 heavy (non-hydrogen) atoms. The van der Waals surface area contributed by atoms with Gasteiger partial charge in [0.25, 0.3) is 0 Å². The van der Waals surface area contributed by atoms with Gasteiger partial charge in [0.2, 0.25) is 0 Å². The Hall–Kier alpha value is -1.05. The molecule has 184 valence electrons. The number of hydrogen-bond donors (Lipinski definition) is 2. The molecule has 0 radical (unpaired) electrons. The van der Waals surface area contributed by atoms with E-state index in [0.717, 1.165) is 5.57 Å². The summed E-state index contributed by atoms with van der Waals surface area (Å²) in [4.78, 5) is 24.4. The van der Waals surface area contributed by atoms with Crippen LogP contribution in [-0.2, 0) is 19.1 Å². The fourth-order valence-corrected chi connectivity index (χ4v) is 8.25. The summed E-state index contributed by atoms with van der Waals surface area (Å²) in [5, 5.41) is 23.5. The van der Waals surface area contributed by atoms with Crippen LogP contribution in [0.3, 0.4) is 0 Å². The van der Waals surface area contributed by atoms with Gasteiger partial charge in [-0.15, -0.1) is 11.6 Å². The third-order valence-corrected chi connectivity index (χ3v) is 10.4. The van der Waals surface area contributed by atoms with Gasteiger partial charge in [0, 0.05) is 17.4 Å². The molecule has 0 amide bonds. The lowest BCUT2D eigenvalue weighted by atomic mass is 9.45. The van der Waals surface area contributed by atoms with Crippen LogP contribution >= 0.6 is 11.6 Å². The third-order valence-electron chi connectivity index (χ3n) is 9.50. The van der Waals surface area contributed by atoms with Gasteiger partial charge in [-0.3, -0.25) is 9.59 Å². The van der Waals surface area contributed by atoms with Crippen molar-refractivity contribution in [3.63, 3.8) is 0 Å². The standard InChI is InChI=1S/C26H37ClO6/c1-6-32-16(3)33-14-22(30)26(31)15(2)11-20-19-8-7-17-12-18(28)9-10-23(17,4)25(19,27)21(29)13-24(20,26)5/h9-10,12,15-16,19-21,29,31H,6-8,11,13-14H2,1-5H3/t15-,16-,19-,20-,21-,23-,24-,25-,26-/m0/s1. The topological polar surface area (TPSA) is 93.1 Å². The van der Waals surface area contributed by atoms with Crippen molar-refractivity contribution in [3.8, 4) is 0 Å². The molecule has 0 spiro atoms. The maximum Gasteiger partial charge on any atom is 0.190 e. The third kappa shape index (κ3) is 3.28. The van der Waals surface area contributed by atoms with Crippen molar-refractivity contribution in [2.75, 3.05) is 13.2 Å². The first-order chi connectivity index (χ1) is 15.4. The van der Waals surface area contributed by atoms with Crippen molar-refractivity contribution in [2.45, 2.75) is 83.2 Å². The molecule has 0 aromatic carbocycles. The minimum absolute atomic E-state index is 0.0453. The van der Waals surface area contributed by atoms with Crippen LogP contribution in [0.25, 0.3) is 0 Å². The highest BCUT2D eigenvalue weighted by Crippen LogP contribution is 2.71. The van der Waals surface area contributed by atoms with E-state index in [0.29, 0.717) is 25.9 Å². The summed E-state index contributed by atoms with van der Waals surface area (Å²) >= 11 is 7.42. The number of aliphatic hydroxyl groups is 2. The first-order valence-electron chi connectivity index (χ1n) is 12.2. The number of ether oxygens (including phenoxy) is 2. The number of allylic oxidation sites excluding steroid dienone is 4. The zero-order chi connectivity index (χ0) is 24.4. The molecule has 0 aromatic rings. The molecule has 7 heteroatoms. The van der Waals surface area contributed by atoms with Crippen molar-refractivity contribution in [1.29, 1.82) is 0 Å². The second-order valence-corrected chi connectivity index (χ2v) is 11.6. The predicted molar refractivity (Wildman–Crippen MR) is 125 cm³/mol. The van der Waals surface area contributed by atoms with E-state index in [4.69, 9.17) is 21.1 Å². The van der Waals surface area contributed by atoms with Crippen LogP contribution in [0.2, 0.25) is 0 Å². The molecular weight excluding hydrogens is 444 g/mol. The van der Waals surface area contributed by atoms with Crippen molar-refractivity contribution in [3.05, 3.63) is 23.8 Å². The number of ketones is 2. The number of halogens is 1. The van der Waals surface area contributed by atoms with E-state index in [9.17, 15) is 19.8 Å². The van der Waals surface area contributed by atoms with Gasteiger partial charge in [-0.05, 0) is 69.4 Å². The summed E-state index contributed by atoms with van der Waals surface area (Å²) in [7, 11) is 0. The van der Waals surface area contributed by atoms with E-state index < -0.39 is 33.7 Å². The molecule has 2 N–H and O–H groups in total. The van der Waals surface area contributed by atoms with E-state index in [1.807, 2.05) is 33.8 Å². The van der Waals surface area contributed by atoms with E-state index >= 15 is 0 Å². The zero-order valence-electron chi connectivity index (χ0n) is 20.3. The maximum atomic E-state index is 13.4. The first-order valence-corrected chi connectivity index (χ1v) is 12.5. The van der Waals surface area contributed by atoms with Crippen LogP contribution in [-0.4, -0.2) is 57.9 Å². The van der Waals surface area contributed by atoms with Gasteiger partial charge in [-0.1, -0.05) is 32.4 Å². The van der Waals surface area contributed by atoms with Gasteiger partial charge < -0.3 is 19.7 Å². The molecule has 4 aliphatic carbocycles. The summed E-state index contributed by atoms with van der Waals surface area (Å²) in [6.07, 6.45) is 5.83. The fraction of sp³-hybridized carbons (Fsp3) is 0.769. The van der Waals surface area contributed by atoms with E-state index in [1.165, 1.54) is 0 Å². The smallest absolute Gasteiger partial charge is 0.190 e. The molecule has 0 saturated heterocycles. The predicted octanol–water partition coefficient (Wildman–Crippen LogP) is 3.57. The monoisotopic (exact) mass is 480 g/mol. The number of alkyl halides is 1. The molecule has 3 fully saturated rings. The molecule has 0 aliphatic heterocycles. The van der Waals surface area contributed by atoms with Crippen molar-refractivity contribution in [1.82, 2.24) is 0 Å². The van der Waals surface area contributed by atoms with Gasteiger partial charge in [0.1, 0.15) is 12.2 Å². The number of fused-ring (bicyclic) bond motifs is 5. The molecule has 6 nitrogen and oxygen atoms in total. The Labute approximate surface area is 201 Å². The lowest BCUT2D eigenvalue weighted by Gasteiger charge is -2.63. The Bertz CT molecular complexity index is 899. The van der Waals surface area contributed by atoms with Gasteiger partial charge in [-0.2, -0.15) is 0 Å². The summed E-state index contributed by atoms with van der Waals surface area (Å²) in [6.45, 7) is 9.65. The number of carbonyl (C=O) groups excluding carboxylic acids is 2. The highest BCUT2D eigenvalue weighted by atomic mass is 35.5. The summed E-state index contributed by atoms with van der Waals surface area (Å²) < 4.78 is 10.9. The number of rotatable bonds is 6. The maximum absolute atomic E-state index is 13.4.